The SMILES string of the molecule is COC(=O)[C@@H]1c2ccsc2CCN1C(=O)c1cnn(-c2ccccc2)n1. The molecule has 8 heteroatoms. The molecule has 0 bridgehead atoms. The number of esters is 1. The highest BCUT2D eigenvalue weighted by atomic mass is 32.1. The first-order chi connectivity index (χ1) is 12.7. The second kappa shape index (κ2) is 6.72. The molecule has 1 atom stereocenters. The third kappa shape index (κ3) is 2.78. The Kier molecular flexibility index (Phi) is 4.26. The average Bonchev–Trinajstić information content (AvgIpc) is 3.36. The zero-order valence-electron chi connectivity index (χ0n) is 14.0. The number of aromatic nitrogens is 3. The van der Waals surface area contributed by atoms with Crippen LogP contribution in [-0.2, 0) is 16.0 Å². The van der Waals surface area contributed by atoms with Crippen molar-refractivity contribution < 1.29 is 14.3 Å². The van der Waals surface area contributed by atoms with Gasteiger partial charge in [0.2, 0.25) is 0 Å². The van der Waals surface area contributed by atoms with Crippen molar-refractivity contribution in [2.24, 2.45) is 0 Å². The number of hydrogen-bond acceptors (Lipinski definition) is 6. The summed E-state index contributed by atoms with van der Waals surface area (Å²) in [5, 5.41) is 10.4. The van der Waals surface area contributed by atoms with E-state index in [0.29, 0.717) is 13.0 Å². The van der Waals surface area contributed by atoms with Crippen LogP contribution in [-0.4, -0.2) is 45.4 Å². The first-order valence-corrected chi connectivity index (χ1v) is 9.00. The maximum atomic E-state index is 13.0. The van der Waals surface area contributed by atoms with Gasteiger partial charge in [0, 0.05) is 11.4 Å². The lowest BCUT2D eigenvalue weighted by atomic mass is 9.99. The van der Waals surface area contributed by atoms with Crippen LogP contribution in [0.5, 0.6) is 0 Å². The highest BCUT2D eigenvalue weighted by Crippen LogP contribution is 2.34. The Bertz CT molecular complexity index is 950. The smallest absolute Gasteiger partial charge is 0.333 e. The Morgan fingerprint density at radius 2 is 2.04 bits per heavy atom. The number of benzene rings is 1. The fourth-order valence-electron chi connectivity index (χ4n) is 3.09. The van der Waals surface area contributed by atoms with Gasteiger partial charge in [0.1, 0.15) is 0 Å². The normalized spacial score (nSPS) is 16.2. The molecule has 2 aromatic heterocycles. The van der Waals surface area contributed by atoms with Gasteiger partial charge in [-0.2, -0.15) is 9.90 Å². The summed E-state index contributed by atoms with van der Waals surface area (Å²) in [5.74, 6) is -0.785. The van der Waals surface area contributed by atoms with E-state index in [1.165, 1.54) is 23.0 Å². The van der Waals surface area contributed by atoms with Gasteiger partial charge in [0.15, 0.2) is 11.7 Å². The first-order valence-electron chi connectivity index (χ1n) is 8.12. The predicted molar refractivity (Wildman–Crippen MR) is 95.2 cm³/mol. The molecule has 4 rings (SSSR count). The number of thiophene rings is 1. The Hall–Kier alpha value is -3.00. The summed E-state index contributed by atoms with van der Waals surface area (Å²) >= 11 is 1.59. The summed E-state index contributed by atoms with van der Waals surface area (Å²) in [6, 6.07) is 10.5. The van der Waals surface area contributed by atoms with Gasteiger partial charge in [-0.3, -0.25) is 4.79 Å². The van der Waals surface area contributed by atoms with Crippen LogP contribution in [0, 0.1) is 0 Å². The molecule has 26 heavy (non-hydrogen) atoms. The van der Waals surface area contributed by atoms with Gasteiger partial charge < -0.3 is 9.64 Å². The van der Waals surface area contributed by atoms with Crippen molar-refractivity contribution >= 4 is 23.2 Å². The standard InChI is InChI=1S/C18H16N4O3S/c1-25-18(24)16-13-8-10-26-15(13)7-9-21(16)17(23)14-11-19-22(20-14)12-5-3-2-4-6-12/h2-6,8,10-11,16H,7,9H2,1H3/t16-/m0/s1. The zero-order valence-corrected chi connectivity index (χ0v) is 14.8. The Balaban J connectivity index is 1.65. The van der Waals surface area contributed by atoms with E-state index in [9.17, 15) is 9.59 Å². The number of ether oxygens (including phenoxy) is 1. The molecule has 0 fully saturated rings. The molecular formula is C18H16N4O3S. The molecule has 7 nitrogen and oxygen atoms in total. The van der Waals surface area contributed by atoms with Gasteiger partial charge in [-0.05, 0) is 35.6 Å². The largest absolute Gasteiger partial charge is 0.467 e. The van der Waals surface area contributed by atoms with Gasteiger partial charge in [-0.15, -0.1) is 16.4 Å². The molecular weight excluding hydrogens is 352 g/mol. The van der Waals surface area contributed by atoms with Gasteiger partial charge >= 0.3 is 5.97 Å². The van der Waals surface area contributed by atoms with E-state index in [1.807, 2.05) is 41.8 Å². The summed E-state index contributed by atoms with van der Waals surface area (Å²) in [6.07, 6.45) is 2.13. The number of carbonyl (C=O) groups is 2. The van der Waals surface area contributed by atoms with Gasteiger partial charge in [-0.25, -0.2) is 4.79 Å². The van der Waals surface area contributed by atoms with Crippen LogP contribution < -0.4 is 0 Å². The van der Waals surface area contributed by atoms with E-state index in [0.717, 1.165) is 16.1 Å². The zero-order chi connectivity index (χ0) is 18.1. The van der Waals surface area contributed by atoms with Crippen molar-refractivity contribution in [2.45, 2.75) is 12.5 Å². The minimum absolute atomic E-state index is 0.196. The van der Waals surface area contributed by atoms with Crippen molar-refractivity contribution in [1.29, 1.82) is 0 Å². The topological polar surface area (TPSA) is 77.3 Å². The third-order valence-corrected chi connectivity index (χ3v) is 5.35. The van der Waals surface area contributed by atoms with Crippen LogP contribution in [0.25, 0.3) is 5.69 Å². The van der Waals surface area contributed by atoms with E-state index in [1.54, 1.807) is 11.3 Å². The maximum Gasteiger partial charge on any atom is 0.333 e. The maximum absolute atomic E-state index is 13.0. The fraction of sp³-hybridized carbons (Fsp3) is 0.222. The summed E-state index contributed by atoms with van der Waals surface area (Å²) < 4.78 is 4.94. The predicted octanol–water partition coefficient (Wildman–Crippen LogP) is 2.24. The van der Waals surface area contributed by atoms with E-state index in [-0.39, 0.29) is 11.6 Å². The number of nitrogens with zero attached hydrogens (tertiary/aromatic N) is 4. The lowest BCUT2D eigenvalue weighted by Crippen LogP contribution is -2.43. The lowest BCUT2D eigenvalue weighted by Gasteiger charge is -2.33. The van der Waals surface area contributed by atoms with E-state index < -0.39 is 12.0 Å². The van der Waals surface area contributed by atoms with Crippen LogP contribution in [0.3, 0.4) is 0 Å². The molecule has 1 aliphatic heterocycles. The second-order valence-electron chi connectivity index (χ2n) is 5.83. The molecule has 1 aromatic carbocycles. The monoisotopic (exact) mass is 368 g/mol. The molecule has 0 saturated carbocycles. The Morgan fingerprint density at radius 1 is 1.23 bits per heavy atom. The number of fused-ring (bicyclic) bond motifs is 1. The molecule has 132 valence electrons. The highest BCUT2D eigenvalue weighted by Gasteiger charge is 2.38. The molecule has 0 unspecified atom stereocenters. The second-order valence-corrected chi connectivity index (χ2v) is 6.83. The number of rotatable bonds is 3. The molecule has 0 spiro atoms. The Morgan fingerprint density at radius 3 is 2.81 bits per heavy atom. The van der Waals surface area contributed by atoms with Crippen LogP contribution in [0.1, 0.15) is 27.0 Å². The van der Waals surface area contributed by atoms with Crippen molar-refractivity contribution in [3.05, 3.63) is 64.1 Å². The summed E-state index contributed by atoms with van der Waals surface area (Å²) in [7, 11) is 1.33. The van der Waals surface area contributed by atoms with E-state index in [4.69, 9.17) is 4.74 Å². The quantitative estimate of drug-likeness (QED) is 0.663. The van der Waals surface area contributed by atoms with Crippen LogP contribution in [0.15, 0.2) is 48.0 Å². The first kappa shape index (κ1) is 16.5. The van der Waals surface area contributed by atoms with E-state index >= 15 is 0 Å². The molecule has 0 N–H and O–H groups in total. The molecule has 0 aliphatic carbocycles. The summed E-state index contributed by atoms with van der Waals surface area (Å²) in [6.45, 7) is 0.435. The minimum Gasteiger partial charge on any atom is -0.467 e. The number of para-hydroxylation sites is 1. The molecule has 0 saturated heterocycles. The van der Waals surface area contributed by atoms with Gasteiger partial charge in [-0.1, -0.05) is 18.2 Å². The van der Waals surface area contributed by atoms with Gasteiger partial charge in [0.05, 0.1) is 19.0 Å². The van der Waals surface area contributed by atoms with Crippen molar-refractivity contribution in [3.63, 3.8) is 0 Å². The fourth-order valence-corrected chi connectivity index (χ4v) is 4.00. The molecule has 1 aliphatic rings. The van der Waals surface area contributed by atoms with Crippen molar-refractivity contribution in [1.82, 2.24) is 19.9 Å². The minimum atomic E-state index is -0.746. The molecule has 1 amide bonds. The van der Waals surface area contributed by atoms with Crippen molar-refractivity contribution in [2.75, 3.05) is 13.7 Å². The highest BCUT2D eigenvalue weighted by molar-refractivity contribution is 7.10. The van der Waals surface area contributed by atoms with Crippen LogP contribution in [0.4, 0.5) is 0 Å². The molecule has 3 aromatic rings. The van der Waals surface area contributed by atoms with Gasteiger partial charge in [0.25, 0.3) is 5.91 Å². The lowest BCUT2D eigenvalue weighted by molar-refractivity contribution is -0.146. The third-order valence-electron chi connectivity index (χ3n) is 4.35. The van der Waals surface area contributed by atoms with Crippen molar-refractivity contribution in [3.8, 4) is 5.69 Å². The molecule has 0 radical (unpaired) electrons. The average molecular weight is 368 g/mol. The number of hydrogen-bond donors (Lipinski definition) is 0. The summed E-state index contributed by atoms with van der Waals surface area (Å²) in [4.78, 5) is 29.4. The molecule has 3 heterocycles. The van der Waals surface area contributed by atoms with Crippen LogP contribution in [0.2, 0.25) is 0 Å². The summed E-state index contributed by atoms with van der Waals surface area (Å²) in [5.41, 5.74) is 1.79. The Labute approximate surface area is 153 Å². The number of amides is 1. The van der Waals surface area contributed by atoms with Crippen LogP contribution >= 0.6 is 11.3 Å². The van der Waals surface area contributed by atoms with E-state index in [2.05, 4.69) is 10.2 Å². The number of methoxy groups -OCH3 is 1. The number of carbonyl (C=O) groups excluding carboxylic acids is 2.